The maximum absolute atomic E-state index is 13.1. The Kier molecular flexibility index (Phi) is 7.75. The Morgan fingerprint density at radius 1 is 0.974 bits per heavy atom. The van der Waals surface area contributed by atoms with Crippen LogP contribution in [0, 0.1) is 0 Å². The fourth-order valence-electron chi connectivity index (χ4n) is 4.87. The molecule has 1 aliphatic rings. The third-order valence-electron chi connectivity index (χ3n) is 6.87. The van der Waals surface area contributed by atoms with Crippen molar-refractivity contribution < 1.29 is 14.7 Å². The van der Waals surface area contributed by atoms with Crippen molar-refractivity contribution >= 4 is 29.2 Å². The van der Waals surface area contributed by atoms with Crippen LogP contribution in [-0.2, 0) is 6.42 Å². The summed E-state index contributed by atoms with van der Waals surface area (Å²) in [4.78, 5) is 25.7. The standard InChI is InChI=1S/C30H29ClN4O3/c31-23-12-10-22(11-13-23)29(37)33-24-14-15-25(28(36)18-24)26-19-27(21-8-4-5-9-21)35(34-26)30(38)32-17-16-20-6-2-1-3-7-20/h1-3,6-7,10-15,18-19,21,36H,4-5,8-9,16-17H2,(H,32,38)(H,33,37). The fraction of sp³-hybridized carbons (Fsp3) is 0.233. The molecular weight excluding hydrogens is 500 g/mol. The van der Waals surface area contributed by atoms with E-state index in [4.69, 9.17) is 11.6 Å². The summed E-state index contributed by atoms with van der Waals surface area (Å²) in [7, 11) is 0. The highest BCUT2D eigenvalue weighted by atomic mass is 35.5. The summed E-state index contributed by atoms with van der Waals surface area (Å²) in [5, 5.41) is 21.7. The molecule has 4 aromatic rings. The van der Waals surface area contributed by atoms with Gasteiger partial charge in [-0.05, 0) is 67.3 Å². The average Bonchev–Trinajstić information content (AvgIpc) is 3.60. The Hall–Kier alpha value is -4.10. The van der Waals surface area contributed by atoms with Gasteiger partial charge in [-0.15, -0.1) is 0 Å². The maximum atomic E-state index is 13.1. The van der Waals surface area contributed by atoms with Crippen LogP contribution in [0.5, 0.6) is 5.75 Å². The van der Waals surface area contributed by atoms with Gasteiger partial charge in [0.1, 0.15) is 5.75 Å². The Balaban J connectivity index is 1.34. The van der Waals surface area contributed by atoms with Crippen LogP contribution in [0.15, 0.2) is 78.9 Å². The predicted octanol–water partition coefficient (Wildman–Crippen LogP) is 6.62. The molecule has 1 aromatic heterocycles. The average molecular weight is 529 g/mol. The molecule has 0 radical (unpaired) electrons. The maximum Gasteiger partial charge on any atom is 0.342 e. The molecule has 1 aliphatic carbocycles. The van der Waals surface area contributed by atoms with Crippen LogP contribution in [0.2, 0.25) is 5.02 Å². The van der Waals surface area contributed by atoms with Gasteiger partial charge in [0.05, 0.1) is 11.4 Å². The molecule has 5 rings (SSSR count). The summed E-state index contributed by atoms with van der Waals surface area (Å²) in [6.07, 6.45) is 4.97. The second-order valence-corrected chi connectivity index (χ2v) is 9.94. The molecule has 1 fully saturated rings. The number of nitrogens with one attached hydrogen (secondary N) is 2. The van der Waals surface area contributed by atoms with Gasteiger partial charge < -0.3 is 15.7 Å². The predicted molar refractivity (Wildman–Crippen MR) is 149 cm³/mol. The van der Waals surface area contributed by atoms with Crippen molar-refractivity contribution in [2.75, 3.05) is 11.9 Å². The Morgan fingerprint density at radius 3 is 2.42 bits per heavy atom. The Labute approximate surface area is 226 Å². The van der Waals surface area contributed by atoms with Crippen LogP contribution >= 0.6 is 11.6 Å². The number of carbonyl (C=O) groups excluding carboxylic acids is 2. The summed E-state index contributed by atoms with van der Waals surface area (Å²) in [5.74, 6) is -0.101. The lowest BCUT2D eigenvalue weighted by Gasteiger charge is -2.12. The summed E-state index contributed by atoms with van der Waals surface area (Å²) in [6.45, 7) is 0.495. The van der Waals surface area contributed by atoms with Crippen LogP contribution in [0.4, 0.5) is 10.5 Å². The Bertz CT molecular complexity index is 1430. The van der Waals surface area contributed by atoms with Crippen molar-refractivity contribution in [1.29, 1.82) is 0 Å². The van der Waals surface area contributed by atoms with Crippen molar-refractivity contribution in [2.24, 2.45) is 0 Å². The van der Waals surface area contributed by atoms with Crippen LogP contribution in [-0.4, -0.2) is 33.4 Å². The number of benzene rings is 3. The van der Waals surface area contributed by atoms with Crippen molar-refractivity contribution in [3.05, 3.63) is 101 Å². The molecule has 0 bridgehead atoms. The van der Waals surface area contributed by atoms with Gasteiger partial charge in [0, 0.05) is 40.4 Å². The van der Waals surface area contributed by atoms with E-state index in [0.717, 1.165) is 43.4 Å². The van der Waals surface area contributed by atoms with Gasteiger partial charge in [0.2, 0.25) is 0 Å². The first-order valence-electron chi connectivity index (χ1n) is 12.8. The smallest absolute Gasteiger partial charge is 0.342 e. The molecule has 38 heavy (non-hydrogen) atoms. The zero-order valence-corrected chi connectivity index (χ0v) is 21.6. The van der Waals surface area contributed by atoms with Gasteiger partial charge in [-0.1, -0.05) is 54.8 Å². The van der Waals surface area contributed by atoms with E-state index in [2.05, 4.69) is 15.7 Å². The van der Waals surface area contributed by atoms with Crippen molar-refractivity contribution in [3.63, 3.8) is 0 Å². The van der Waals surface area contributed by atoms with E-state index in [1.54, 1.807) is 36.4 Å². The van der Waals surface area contributed by atoms with E-state index in [1.807, 2.05) is 36.4 Å². The monoisotopic (exact) mass is 528 g/mol. The number of hydrogen-bond donors (Lipinski definition) is 3. The first-order valence-corrected chi connectivity index (χ1v) is 13.2. The number of phenols is 1. The molecule has 0 saturated heterocycles. The molecular formula is C30H29ClN4O3. The molecule has 1 saturated carbocycles. The third-order valence-corrected chi connectivity index (χ3v) is 7.13. The van der Waals surface area contributed by atoms with Crippen molar-refractivity contribution in [1.82, 2.24) is 15.1 Å². The first-order chi connectivity index (χ1) is 18.5. The van der Waals surface area contributed by atoms with E-state index in [0.29, 0.717) is 34.1 Å². The second-order valence-electron chi connectivity index (χ2n) is 9.51. The second kappa shape index (κ2) is 11.5. The van der Waals surface area contributed by atoms with Crippen molar-refractivity contribution in [3.8, 4) is 17.0 Å². The van der Waals surface area contributed by atoms with Crippen LogP contribution in [0.1, 0.15) is 53.2 Å². The van der Waals surface area contributed by atoms with Crippen LogP contribution < -0.4 is 10.6 Å². The van der Waals surface area contributed by atoms with Gasteiger partial charge in [-0.2, -0.15) is 9.78 Å². The molecule has 0 atom stereocenters. The SMILES string of the molecule is O=C(Nc1ccc(-c2cc(C3CCCC3)n(C(=O)NCCc3ccccc3)n2)c(O)c1)c1ccc(Cl)cc1. The van der Waals surface area contributed by atoms with Crippen LogP contribution in [0.25, 0.3) is 11.3 Å². The molecule has 194 valence electrons. The van der Waals surface area contributed by atoms with Gasteiger partial charge in [0.25, 0.3) is 5.91 Å². The van der Waals surface area contributed by atoms with Gasteiger partial charge >= 0.3 is 6.03 Å². The van der Waals surface area contributed by atoms with E-state index < -0.39 is 0 Å². The number of rotatable bonds is 7. The minimum Gasteiger partial charge on any atom is -0.507 e. The molecule has 7 nitrogen and oxygen atoms in total. The fourth-order valence-corrected chi connectivity index (χ4v) is 4.99. The van der Waals surface area contributed by atoms with Gasteiger partial charge in [0.15, 0.2) is 0 Å². The number of carbonyl (C=O) groups is 2. The molecule has 3 N–H and O–H groups in total. The summed E-state index contributed by atoms with van der Waals surface area (Å²) >= 11 is 5.90. The third kappa shape index (κ3) is 5.89. The van der Waals surface area contributed by atoms with E-state index in [9.17, 15) is 14.7 Å². The number of nitrogens with zero attached hydrogens (tertiary/aromatic N) is 2. The summed E-state index contributed by atoms with van der Waals surface area (Å²) in [6, 6.07) is 23.1. The van der Waals surface area contributed by atoms with E-state index in [-0.39, 0.29) is 23.6 Å². The molecule has 0 aliphatic heterocycles. The molecule has 2 amide bonds. The van der Waals surface area contributed by atoms with Crippen molar-refractivity contribution in [2.45, 2.75) is 38.0 Å². The number of aromatic nitrogens is 2. The minimum atomic E-state index is -0.311. The largest absolute Gasteiger partial charge is 0.507 e. The molecule has 3 aromatic carbocycles. The highest BCUT2D eigenvalue weighted by Crippen LogP contribution is 2.38. The normalized spacial score (nSPS) is 13.4. The highest BCUT2D eigenvalue weighted by Gasteiger charge is 2.26. The summed E-state index contributed by atoms with van der Waals surface area (Å²) in [5.41, 5.74) is 3.91. The lowest BCUT2D eigenvalue weighted by Crippen LogP contribution is -2.32. The van der Waals surface area contributed by atoms with Gasteiger partial charge in [-0.25, -0.2) is 4.79 Å². The topological polar surface area (TPSA) is 96.3 Å². The minimum absolute atomic E-state index is 0.0361. The number of aromatic hydroxyl groups is 1. The lowest BCUT2D eigenvalue weighted by atomic mass is 10.0. The van der Waals surface area contributed by atoms with E-state index in [1.165, 1.54) is 10.7 Å². The number of hydrogen-bond acceptors (Lipinski definition) is 4. The first kappa shape index (κ1) is 25.5. The Morgan fingerprint density at radius 2 is 1.71 bits per heavy atom. The zero-order valence-electron chi connectivity index (χ0n) is 20.9. The van der Waals surface area contributed by atoms with Gasteiger partial charge in [-0.3, -0.25) is 4.79 Å². The highest BCUT2D eigenvalue weighted by molar-refractivity contribution is 6.30. The number of anilines is 1. The van der Waals surface area contributed by atoms with Crippen LogP contribution in [0.3, 0.4) is 0 Å². The summed E-state index contributed by atoms with van der Waals surface area (Å²) < 4.78 is 1.45. The number of halogens is 1. The molecule has 0 unspecified atom stereocenters. The van der Waals surface area contributed by atoms with E-state index >= 15 is 0 Å². The molecule has 1 heterocycles. The zero-order chi connectivity index (χ0) is 26.5. The number of amides is 2. The number of phenolic OH excluding ortho intramolecular Hbond substituents is 1. The quantitative estimate of drug-likeness (QED) is 0.251. The molecule has 8 heteroatoms. The lowest BCUT2D eigenvalue weighted by molar-refractivity contribution is 0.102. The molecule has 0 spiro atoms.